The van der Waals surface area contributed by atoms with Crippen molar-refractivity contribution >= 4 is 29.2 Å². The first-order valence-electron chi connectivity index (χ1n) is 11.4. The molecule has 0 fully saturated rings. The van der Waals surface area contributed by atoms with Gasteiger partial charge in [-0.15, -0.1) is 0 Å². The zero-order valence-corrected chi connectivity index (χ0v) is 20.8. The molecule has 0 saturated heterocycles. The van der Waals surface area contributed by atoms with Crippen molar-refractivity contribution in [3.8, 4) is 5.75 Å². The van der Waals surface area contributed by atoms with E-state index < -0.39 is 0 Å². The third kappa shape index (κ3) is 9.07. The molecule has 0 radical (unpaired) electrons. The minimum absolute atomic E-state index is 0.219. The van der Waals surface area contributed by atoms with Crippen LogP contribution in [-0.2, 0) is 4.79 Å². The number of ether oxygens (including phenoxy) is 1. The highest BCUT2D eigenvalue weighted by atomic mass is 32.2. The molecule has 2 N–H and O–H groups in total. The molecular formula is C25H35FN4O2S. The van der Waals surface area contributed by atoms with Crippen LogP contribution < -0.4 is 20.5 Å². The van der Waals surface area contributed by atoms with E-state index in [1.807, 2.05) is 55.1 Å². The number of carbonyl (C=O) groups excluding carboxylic acids is 1. The maximum Gasteiger partial charge on any atom is 0.254 e. The third-order valence-corrected chi connectivity index (χ3v) is 5.74. The number of nitrogens with one attached hydrogen (secondary N) is 2. The number of hydrogen-bond donors (Lipinski definition) is 2. The molecule has 0 aliphatic carbocycles. The summed E-state index contributed by atoms with van der Waals surface area (Å²) in [4.78, 5) is 12.4. The Labute approximate surface area is 201 Å². The van der Waals surface area contributed by atoms with Crippen molar-refractivity contribution in [2.24, 2.45) is 0 Å². The number of anilines is 2. The smallest absolute Gasteiger partial charge is 0.254 e. The first-order valence-corrected chi connectivity index (χ1v) is 12.4. The SMILES string of the molecule is CC.CCCN(C)SCCCOc1ccc(N2C=C(C(=O)Nc3ccc(F)cc3)CN2)cc1. The predicted molar refractivity (Wildman–Crippen MR) is 137 cm³/mol. The van der Waals surface area contributed by atoms with Crippen LogP contribution in [0.15, 0.2) is 60.3 Å². The molecule has 3 rings (SSSR count). The van der Waals surface area contributed by atoms with E-state index in [4.69, 9.17) is 4.74 Å². The summed E-state index contributed by atoms with van der Waals surface area (Å²) in [5.41, 5.74) is 5.23. The lowest BCUT2D eigenvalue weighted by molar-refractivity contribution is -0.112. The van der Waals surface area contributed by atoms with Crippen LogP contribution in [0.5, 0.6) is 5.75 Å². The molecule has 0 atom stereocenters. The van der Waals surface area contributed by atoms with Gasteiger partial charge in [0.15, 0.2) is 0 Å². The standard InChI is InChI=1S/C23H29FN4O2S.C2H6/c1-3-13-27(2)31-15-4-14-30-22-11-9-21(10-12-22)28-17-18(16-25-28)23(29)26-20-7-5-19(24)6-8-20;1-2/h5-12,17,25H,3-4,13-16H2,1-2H3,(H,26,29);1-2H3. The van der Waals surface area contributed by atoms with E-state index in [1.165, 1.54) is 24.3 Å². The van der Waals surface area contributed by atoms with Gasteiger partial charge in [-0.2, -0.15) is 0 Å². The summed E-state index contributed by atoms with van der Waals surface area (Å²) in [5, 5.41) is 4.58. The summed E-state index contributed by atoms with van der Waals surface area (Å²) < 4.78 is 21.1. The van der Waals surface area contributed by atoms with Crippen molar-refractivity contribution in [3.63, 3.8) is 0 Å². The maximum absolute atomic E-state index is 13.0. The van der Waals surface area contributed by atoms with Crippen LogP contribution >= 0.6 is 11.9 Å². The molecule has 6 nitrogen and oxygen atoms in total. The van der Waals surface area contributed by atoms with Gasteiger partial charge in [0.1, 0.15) is 11.6 Å². The van der Waals surface area contributed by atoms with E-state index >= 15 is 0 Å². The summed E-state index contributed by atoms with van der Waals surface area (Å²) in [7, 11) is 2.12. The van der Waals surface area contributed by atoms with Crippen molar-refractivity contribution < 1.29 is 13.9 Å². The average molecular weight is 475 g/mol. The summed E-state index contributed by atoms with van der Waals surface area (Å²) in [6, 6.07) is 13.5. The molecule has 1 aliphatic rings. The van der Waals surface area contributed by atoms with Crippen LogP contribution in [-0.4, -0.2) is 42.7 Å². The van der Waals surface area contributed by atoms with Crippen molar-refractivity contribution in [3.05, 3.63) is 66.1 Å². The summed E-state index contributed by atoms with van der Waals surface area (Å²) >= 11 is 1.84. The van der Waals surface area contributed by atoms with Crippen molar-refractivity contribution in [1.29, 1.82) is 0 Å². The Hall–Kier alpha value is -2.55. The van der Waals surface area contributed by atoms with Crippen molar-refractivity contribution in [2.45, 2.75) is 33.6 Å². The van der Waals surface area contributed by atoms with Gasteiger partial charge in [-0.1, -0.05) is 32.7 Å². The highest BCUT2D eigenvalue weighted by molar-refractivity contribution is 7.96. The molecule has 0 unspecified atom stereocenters. The second-order valence-corrected chi connectivity index (χ2v) is 8.49. The molecule has 1 heterocycles. The fraction of sp³-hybridized carbons (Fsp3) is 0.400. The third-order valence-electron chi connectivity index (χ3n) is 4.64. The Morgan fingerprint density at radius 3 is 2.55 bits per heavy atom. The quantitative estimate of drug-likeness (QED) is 0.333. The highest BCUT2D eigenvalue weighted by Crippen LogP contribution is 2.22. The fourth-order valence-corrected chi connectivity index (χ4v) is 3.89. The van der Waals surface area contributed by atoms with E-state index in [0.717, 1.165) is 36.6 Å². The van der Waals surface area contributed by atoms with Gasteiger partial charge in [-0.3, -0.25) is 14.1 Å². The van der Waals surface area contributed by atoms with Crippen molar-refractivity contribution in [2.75, 3.05) is 42.8 Å². The van der Waals surface area contributed by atoms with E-state index in [0.29, 0.717) is 24.4 Å². The van der Waals surface area contributed by atoms with Crippen LogP contribution in [0, 0.1) is 5.82 Å². The van der Waals surface area contributed by atoms with E-state index in [2.05, 4.69) is 29.0 Å². The number of rotatable bonds is 11. The minimum atomic E-state index is -0.336. The molecule has 1 aliphatic heterocycles. The Kier molecular flexibility index (Phi) is 11.8. The van der Waals surface area contributed by atoms with Crippen LogP contribution in [0.1, 0.15) is 33.6 Å². The van der Waals surface area contributed by atoms with E-state index in [-0.39, 0.29) is 11.7 Å². The summed E-state index contributed by atoms with van der Waals surface area (Å²) in [6.45, 7) is 8.37. The summed E-state index contributed by atoms with van der Waals surface area (Å²) in [5.74, 6) is 1.31. The van der Waals surface area contributed by atoms with Crippen LogP contribution in [0.2, 0.25) is 0 Å². The second-order valence-electron chi connectivity index (χ2n) is 7.20. The molecule has 0 aromatic heterocycles. The van der Waals surface area contributed by atoms with Gasteiger partial charge in [0, 0.05) is 30.7 Å². The lowest BCUT2D eigenvalue weighted by Crippen LogP contribution is -2.28. The zero-order valence-electron chi connectivity index (χ0n) is 19.9. The molecule has 0 bridgehead atoms. The summed E-state index contributed by atoms with van der Waals surface area (Å²) in [6.07, 6.45) is 3.91. The topological polar surface area (TPSA) is 56.8 Å². The van der Waals surface area contributed by atoms with Crippen LogP contribution in [0.4, 0.5) is 15.8 Å². The number of nitrogens with zero attached hydrogens (tertiary/aromatic N) is 2. The van der Waals surface area contributed by atoms with Gasteiger partial charge in [0.05, 0.1) is 17.9 Å². The van der Waals surface area contributed by atoms with E-state index in [9.17, 15) is 9.18 Å². The molecule has 2 aromatic carbocycles. The lowest BCUT2D eigenvalue weighted by atomic mass is 10.2. The molecule has 33 heavy (non-hydrogen) atoms. The lowest BCUT2D eigenvalue weighted by Gasteiger charge is -2.16. The average Bonchev–Trinajstić information content (AvgIpc) is 3.33. The number of amides is 1. The Morgan fingerprint density at radius 2 is 1.88 bits per heavy atom. The second kappa shape index (κ2) is 14.6. The fourth-order valence-electron chi connectivity index (χ4n) is 3.02. The molecule has 0 spiro atoms. The zero-order chi connectivity index (χ0) is 24.1. The Bertz CT molecular complexity index is 875. The largest absolute Gasteiger partial charge is 0.494 e. The highest BCUT2D eigenvalue weighted by Gasteiger charge is 2.19. The Balaban J connectivity index is 0.00000187. The van der Waals surface area contributed by atoms with Gasteiger partial charge < -0.3 is 10.1 Å². The minimum Gasteiger partial charge on any atom is -0.494 e. The van der Waals surface area contributed by atoms with Gasteiger partial charge in [0.2, 0.25) is 0 Å². The van der Waals surface area contributed by atoms with E-state index in [1.54, 1.807) is 6.20 Å². The van der Waals surface area contributed by atoms with Gasteiger partial charge in [0.25, 0.3) is 5.91 Å². The Morgan fingerprint density at radius 1 is 1.18 bits per heavy atom. The van der Waals surface area contributed by atoms with Crippen LogP contribution in [0.25, 0.3) is 0 Å². The van der Waals surface area contributed by atoms with Gasteiger partial charge >= 0.3 is 0 Å². The first kappa shape index (κ1) is 26.7. The van der Waals surface area contributed by atoms with Crippen LogP contribution in [0.3, 0.4) is 0 Å². The first-order chi connectivity index (χ1) is 16.0. The number of hydrazine groups is 1. The number of benzene rings is 2. The predicted octanol–water partition coefficient (Wildman–Crippen LogP) is 5.46. The molecule has 0 saturated carbocycles. The number of halogens is 1. The molecular weight excluding hydrogens is 439 g/mol. The van der Waals surface area contributed by atoms with Crippen molar-refractivity contribution in [1.82, 2.24) is 9.73 Å². The number of hydrogen-bond acceptors (Lipinski definition) is 6. The maximum atomic E-state index is 13.0. The molecule has 2 aromatic rings. The number of carbonyl (C=O) groups is 1. The normalized spacial score (nSPS) is 12.8. The monoisotopic (exact) mass is 474 g/mol. The molecule has 8 heteroatoms. The molecule has 180 valence electrons. The van der Waals surface area contributed by atoms with Gasteiger partial charge in [-0.05, 0) is 68.4 Å². The molecule has 1 amide bonds. The van der Waals surface area contributed by atoms with Gasteiger partial charge in [-0.25, -0.2) is 9.82 Å².